The van der Waals surface area contributed by atoms with Gasteiger partial charge in [0.2, 0.25) is 0 Å². The molecule has 1 amide bonds. The average molecular weight is 403 g/mol. The minimum Gasteiger partial charge on any atom is -0.346 e. The molecule has 0 atom stereocenters. The molecule has 27 heavy (non-hydrogen) atoms. The van der Waals surface area contributed by atoms with Crippen LogP contribution in [0.1, 0.15) is 26.6 Å². The molecule has 9 heteroatoms. The van der Waals surface area contributed by atoms with Crippen LogP contribution in [-0.2, 0) is 16.6 Å². The van der Waals surface area contributed by atoms with Crippen LogP contribution in [-0.4, -0.2) is 24.3 Å². The van der Waals surface area contributed by atoms with E-state index in [4.69, 9.17) is 0 Å². The number of thiazole rings is 1. The van der Waals surface area contributed by atoms with Gasteiger partial charge in [-0.05, 0) is 38.1 Å². The molecule has 0 aliphatic rings. The summed E-state index contributed by atoms with van der Waals surface area (Å²) >= 11 is 0.994. The molecule has 0 radical (unpaired) electrons. The highest BCUT2D eigenvalue weighted by Crippen LogP contribution is 2.25. The van der Waals surface area contributed by atoms with E-state index < -0.39 is 10.0 Å². The molecular formula is C18H18N4O3S2. The van der Waals surface area contributed by atoms with Gasteiger partial charge in [0.25, 0.3) is 15.9 Å². The number of aryl methyl sites for hydroxylation is 2. The van der Waals surface area contributed by atoms with Crippen LogP contribution < -0.4 is 10.0 Å². The van der Waals surface area contributed by atoms with Gasteiger partial charge < -0.3 is 5.32 Å². The van der Waals surface area contributed by atoms with Crippen LogP contribution >= 0.6 is 11.3 Å². The quantitative estimate of drug-likeness (QED) is 0.660. The predicted molar refractivity (Wildman–Crippen MR) is 104 cm³/mol. The van der Waals surface area contributed by atoms with E-state index in [-0.39, 0.29) is 22.5 Å². The van der Waals surface area contributed by atoms with Gasteiger partial charge in [-0.3, -0.25) is 14.5 Å². The number of sulfonamides is 1. The molecule has 0 bridgehead atoms. The zero-order chi connectivity index (χ0) is 19.4. The van der Waals surface area contributed by atoms with Crippen LogP contribution in [0.15, 0.2) is 53.6 Å². The van der Waals surface area contributed by atoms with Crippen molar-refractivity contribution in [3.63, 3.8) is 0 Å². The second-order valence-corrected chi connectivity index (χ2v) is 8.54. The Morgan fingerprint density at radius 2 is 1.85 bits per heavy atom. The molecule has 0 unspecified atom stereocenters. The number of rotatable bonds is 6. The zero-order valence-electron chi connectivity index (χ0n) is 14.8. The van der Waals surface area contributed by atoms with Crippen molar-refractivity contribution < 1.29 is 13.2 Å². The fraction of sp³-hybridized carbons (Fsp3) is 0.167. The van der Waals surface area contributed by atoms with Crippen LogP contribution in [0.5, 0.6) is 0 Å². The van der Waals surface area contributed by atoms with E-state index in [1.807, 2.05) is 13.0 Å². The molecule has 7 nitrogen and oxygen atoms in total. The first-order chi connectivity index (χ1) is 12.8. The lowest BCUT2D eigenvalue weighted by Crippen LogP contribution is -2.23. The number of hydrogen-bond acceptors (Lipinski definition) is 6. The van der Waals surface area contributed by atoms with E-state index in [9.17, 15) is 13.2 Å². The molecule has 3 aromatic rings. The van der Waals surface area contributed by atoms with Crippen LogP contribution in [0.25, 0.3) is 0 Å². The second-order valence-electron chi connectivity index (χ2n) is 5.86. The van der Waals surface area contributed by atoms with Crippen molar-refractivity contribution in [1.82, 2.24) is 15.3 Å². The van der Waals surface area contributed by atoms with Crippen molar-refractivity contribution in [3.05, 3.63) is 70.5 Å². The molecule has 0 saturated heterocycles. The molecule has 2 heterocycles. The number of amides is 1. The summed E-state index contributed by atoms with van der Waals surface area (Å²) in [6.45, 7) is 3.82. The monoisotopic (exact) mass is 402 g/mol. The third-order valence-corrected chi connectivity index (χ3v) is 6.27. The summed E-state index contributed by atoms with van der Waals surface area (Å²) in [6, 6.07) is 11.9. The van der Waals surface area contributed by atoms with Gasteiger partial charge in [-0.25, -0.2) is 13.4 Å². The Kier molecular flexibility index (Phi) is 5.52. The highest BCUT2D eigenvalue weighted by Gasteiger charge is 2.20. The minimum atomic E-state index is -3.76. The van der Waals surface area contributed by atoms with Gasteiger partial charge in [0.1, 0.15) is 4.88 Å². The Hall–Kier alpha value is -2.78. The van der Waals surface area contributed by atoms with Crippen molar-refractivity contribution >= 4 is 32.4 Å². The maximum atomic E-state index is 12.5. The van der Waals surface area contributed by atoms with Crippen molar-refractivity contribution in [2.45, 2.75) is 25.3 Å². The van der Waals surface area contributed by atoms with Crippen molar-refractivity contribution in [2.75, 3.05) is 4.72 Å². The molecule has 0 spiro atoms. The number of nitrogens with zero attached hydrogens (tertiary/aromatic N) is 2. The van der Waals surface area contributed by atoms with E-state index in [0.717, 1.165) is 22.6 Å². The van der Waals surface area contributed by atoms with Gasteiger partial charge in [0.05, 0.1) is 22.8 Å². The topological polar surface area (TPSA) is 101 Å². The molecule has 3 rings (SSSR count). The largest absolute Gasteiger partial charge is 0.346 e. The summed E-state index contributed by atoms with van der Waals surface area (Å²) in [5.41, 5.74) is 2.15. The van der Waals surface area contributed by atoms with E-state index >= 15 is 0 Å². The molecule has 0 saturated carbocycles. The minimum absolute atomic E-state index is 0.141. The SMILES string of the molecule is Cc1ccc(S(=O)(=O)Nc2nc(C)c(C(=O)NCc3ccccn3)s2)cc1. The normalized spacial score (nSPS) is 11.2. The number of benzene rings is 1. The summed E-state index contributed by atoms with van der Waals surface area (Å²) in [4.78, 5) is 21.2. The van der Waals surface area contributed by atoms with Crippen molar-refractivity contribution in [3.8, 4) is 0 Å². The van der Waals surface area contributed by atoms with Crippen molar-refractivity contribution in [2.24, 2.45) is 0 Å². The number of pyridine rings is 1. The lowest BCUT2D eigenvalue weighted by atomic mass is 10.2. The van der Waals surface area contributed by atoms with Gasteiger partial charge in [0.15, 0.2) is 5.13 Å². The highest BCUT2D eigenvalue weighted by molar-refractivity contribution is 7.93. The van der Waals surface area contributed by atoms with Gasteiger partial charge in [-0.1, -0.05) is 35.1 Å². The Bertz CT molecular complexity index is 1050. The van der Waals surface area contributed by atoms with Gasteiger partial charge in [0, 0.05) is 6.20 Å². The van der Waals surface area contributed by atoms with Crippen LogP contribution in [0.4, 0.5) is 5.13 Å². The number of carbonyl (C=O) groups is 1. The summed E-state index contributed by atoms with van der Waals surface area (Å²) in [5, 5.41) is 2.91. The maximum Gasteiger partial charge on any atom is 0.263 e. The molecule has 140 valence electrons. The Labute approximate surface area is 161 Å². The molecule has 1 aromatic carbocycles. The average Bonchev–Trinajstić information content (AvgIpc) is 3.00. The van der Waals surface area contributed by atoms with Gasteiger partial charge in [-0.2, -0.15) is 0 Å². The molecule has 0 aliphatic heterocycles. The Morgan fingerprint density at radius 1 is 1.11 bits per heavy atom. The van der Waals surface area contributed by atoms with Crippen molar-refractivity contribution in [1.29, 1.82) is 0 Å². The number of hydrogen-bond donors (Lipinski definition) is 2. The standard InChI is InChI=1S/C18H18N4O3S2/c1-12-6-8-15(9-7-12)27(24,25)22-18-21-13(2)16(26-18)17(23)20-11-14-5-3-4-10-19-14/h3-10H,11H2,1-2H3,(H,20,23)(H,21,22). The molecule has 2 N–H and O–H groups in total. The molecule has 0 fully saturated rings. The predicted octanol–water partition coefficient (Wildman–Crippen LogP) is 2.89. The summed E-state index contributed by atoms with van der Waals surface area (Å²) in [6.07, 6.45) is 1.65. The van der Waals surface area contributed by atoms with Gasteiger partial charge >= 0.3 is 0 Å². The second kappa shape index (κ2) is 7.85. The van der Waals surface area contributed by atoms with Crippen LogP contribution in [0, 0.1) is 13.8 Å². The third kappa shape index (κ3) is 4.69. The number of anilines is 1. The zero-order valence-corrected chi connectivity index (χ0v) is 16.4. The molecule has 2 aromatic heterocycles. The number of aromatic nitrogens is 2. The van der Waals surface area contributed by atoms with E-state index in [0.29, 0.717) is 10.6 Å². The third-order valence-electron chi connectivity index (χ3n) is 3.71. The van der Waals surface area contributed by atoms with E-state index in [1.165, 1.54) is 12.1 Å². The first kappa shape index (κ1) is 19.0. The molecular weight excluding hydrogens is 384 g/mol. The molecule has 0 aliphatic carbocycles. The number of nitrogens with one attached hydrogen (secondary N) is 2. The van der Waals surface area contributed by atoms with Crippen LogP contribution in [0.3, 0.4) is 0 Å². The Morgan fingerprint density at radius 3 is 2.52 bits per heavy atom. The van der Waals surface area contributed by atoms with Gasteiger partial charge in [-0.15, -0.1) is 0 Å². The van der Waals surface area contributed by atoms with E-state index in [2.05, 4.69) is 20.0 Å². The first-order valence-electron chi connectivity index (χ1n) is 8.10. The fourth-order valence-corrected chi connectivity index (χ4v) is 4.41. The smallest absolute Gasteiger partial charge is 0.263 e. The fourth-order valence-electron chi connectivity index (χ4n) is 2.30. The summed E-state index contributed by atoms with van der Waals surface area (Å²) in [7, 11) is -3.76. The highest BCUT2D eigenvalue weighted by atomic mass is 32.2. The lowest BCUT2D eigenvalue weighted by Gasteiger charge is -2.05. The summed E-state index contributed by atoms with van der Waals surface area (Å²) in [5.74, 6) is -0.323. The first-order valence-corrected chi connectivity index (χ1v) is 10.4. The Balaban J connectivity index is 1.72. The van der Waals surface area contributed by atoms with E-state index in [1.54, 1.807) is 37.4 Å². The van der Waals surface area contributed by atoms with Crippen LogP contribution in [0.2, 0.25) is 0 Å². The maximum absolute atomic E-state index is 12.5. The number of carbonyl (C=O) groups excluding carboxylic acids is 1. The lowest BCUT2D eigenvalue weighted by molar-refractivity contribution is 0.0953. The summed E-state index contributed by atoms with van der Waals surface area (Å²) < 4.78 is 27.4.